The number of hydrogen-bond acceptors (Lipinski definition) is 6. The number of benzene rings is 2. The quantitative estimate of drug-likeness (QED) is 0.438. The third-order valence-electron chi connectivity index (χ3n) is 7.26. The SMILES string of the molecule is CC1CN(Cc2ccc(C(=O)NO)cc2)CC(C)N1Cc1ccccc1C1=CCN(S(C)(=O)=O)CC1. The average molecular weight is 513 g/mol. The molecule has 2 unspecified atom stereocenters. The number of carbonyl (C=O) groups excluding carboxylic acids is 1. The van der Waals surface area contributed by atoms with Crippen LogP contribution < -0.4 is 5.48 Å². The number of amides is 1. The molecule has 1 fully saturated rings. The van der Waals surface area contributed by atoms with Crippen LogP contribution >= 0.6 is 0 Å². The molecule has 1 amide bonds. The predicted molar refractivity (Wildman–Crippen MR) is 141 cm³/mol. The summed E-state index contributed by atoms with van der Waals surface area (Å²) in [6.07, 6.45) is 4.05. The van der Waals surface area contributed by atoms with Crippen molar-refractivity contribution in [2.75, 3.05) is 32.4 Å². The minimum Gasteiger partial charge on any atom is -0.296 e. The van der Waals surface area contributed by atoms with Crippen LogP contribution in [0.4, 0.5) is 0 Å². The Labute approximate surface area is 214 Å². The van der Waals surface area contributed by atoms with Gasteiger partial charge in [0, 0.05) is 56.9 Å². The molecule has 8 nitrogen and oxygen atoms in total. The van der Waals surface area contributed by atoms with Gasteiger partial charge >= 0.3 is 0 Å². The van der Waals surface area contributed by atoms with Gasteiger partial charge in [-0.15, -0.1) is 0 Å². The molecule has 2 atom stereocenters. The molecule has 1 saturated heterocycles. The third-order valence-corrected chi connectivity index (χ3v) is 8.53. The molecule has 0 spiro atoms. The zero-order valence-corrected chi connectivity index (χ0v) is 22.0. The van der Waals surface area contributed by atoms with E-state index in [4.69, 9.17) is 5.21 Å². The van der Waals surface area contributed by atoms with Crippen LogP contribution in [0.1, 0.15) is 47.3 Å². The van der Waals surface area contributed by atoms with Gasteiger partial charge in [0.25, 0.3) is 5.91 Å². The summed E-state index contributed by atoms with van der Waals surface area (Å²) in [6, 6.07) is 16.5. The highest BCUT2D eigenvalue weighted by atomic mass is 32.2. The van der Waals surface area contributed by atoms with E-state index in [9.17, 15) is 13.2 Å². The third kappa shape index (κ3) is 6.22. The van der Waals surface area contributed by atoms with Crippen molar-refractivity contribution < 1.29 is 18.4 Å². The van der Waals surface area contributed by atoms with Crippen molar-refractivity contribution in [2.24, 2.45) is 0 Å². The van der Waals surface area contributed by atoms with Gasteiger partial charge in [-0.2, -0.15) is 4.31 Å². The number of nitrogens with zero attached hydrogens (tertiary/aromatic N) is 3. The second-order valence-corrected chi connectivity index (χ2v) is 11.9. The number of hydroxylamine groups is 1. The molecule has 2 aliphatic rings. The summed E-state index contributed by atoms with van der Waals surface area (Å²) in [5.41, 5.74) is 6.96. The fraction of sp³-hybridized carbons (Fsp3) is 0.444. The molecule has 2 heterocycles. The van der Waals surface area contributed by atoms with Crippen LogP contribution in [0.15, 0.2) is 54.6 Å². The molecule has 0 radical (unpaired) electrons. The van der Waals surface area contributed by atoms with E-state index in [1.54, 1.807) is 17.6 Å². The Morgan fingerprint density at radius 2 is 1.69 bits per heavy atom. The van der Waals surface area contributed by atoms with E-state index in [2.05, 4.69) is 54.0 Å². The van der Waals surface area contributed by atoms with Crippen LogP contribution in [-0.2, 0) is 23.1 Å². The highest BCUT2D eigenvalue weighted by Crippen LogP contribution is 2.29. The van der Waals surface area contributed by atoms with E-state index in [0.717, 1.165) is 38.2 Å². The van der Waals surface area contributed by atoms with Gasteiger partial charge in [-0.1, -0.05) is 42.5 Å². The molecule has 2 N–H and O–H groups in total. The standard InChI is InChI=1S/C27H36N4O4S/c1-20-16-29(18-22-8-10-24(11-9-22)27(32)28-33)17-21(2)31(20)19-25-6-4-5-7-26(25)23-12-14-30(15-13-23)36(3,34)35/h4-12,20-21,33H,13-19H2,1-3H3,(H,28,32). The molecular formula is C27H36N4O4S. The summed E-state index contributed by atoms with van der Waals surface area (Å²) in [7, 11) is -3.17. The van der Waals surface area contributed by atoms with E-state index < -0.39 is 15.9 Å². The van der Waals surface area contributed by atoms with Gasteiger partial charge in [0.1, 0.15) is 0 Å². The van der Waals surface area contributed by atoms with Crippen LogP contribution in [-0.4, -0.2) is 78.2 Å². The molecule has 0 aromatic heterocycles. The van der Waals surface area contributed by atoms with E-state index >= 15 is 0 Å². The number of hydrogen-bond donors (Lipinski definition) is 2. The monoisotopic (exact) mass is 512 g/mol. The molecule has 2 aromatic rings. The van der Waals surface area contributed by atoms with Crippen molar-refractivity contribution in [3.63, 3.8) is 0 Å². The first-order valence-corrected chi connectivity index (χ1v) is 14.2. The van der Waals surface area contributed by atoms with Crippen LogP contribution in [0.2, 0.25) is 0 Å². The molecule has 2 aromatic carbocycles. The molecule has 0 aliphatic carbocycles. The Morgan fingerprint density at radius 3 is 2.28 bits per heavy atom. The molecular weight excluding hydrogens is 476 g/mol. The second kappa shape index (κ2) is 11.2. The van der Waals surface area contributed by atoms with E-state index in [0.29, 0.717) is 30.7 Å². The fourth-order valence-electron chi connectivity index (χ4n) is 5.36. The summed E-state index contributed by atoms with van der Waals surface area (Å²) in [5, 5.41) is 8.80. The lowest BCUT2D eigenvalue weighted by Crippen LogP contribution is -2.55. The van der Waals surface area contributed by atoms with Crippen molar-refractivity contribution in [3.05, 3.63) is 76.9 Å². The van der Waals surface area contributed by atoms with Gasteiger partial charge < -0.3 is 0 Å². The minimum absolute atomic E-state index is 0.363. The normalized spacial score (nSPS) is 22.3. The maximum atomic E-state index is 11.9. The van der Waals surface area contributed by atoms with E-state index in [1.165, 1.54) is 27.3 Å². The van der Waals surface area contributed by atoms with Gasteiger partial charge in [-0.05, 0) is 54.7 Å². The zero-order chi connectivity index (χ0) is 25.9. The topological polar surface area (TPSA) is 93.2 Å². The smallest absolute Gasteiger partial charge is 0.274 e. The molecule has 0 bridgehead atoms. The van der Waals surface area contributed by atoms with Crippen molar-refractivity contribution in [2.45, 2.75) is 45.4 Å². The summed E-state index contributed by atoms with van der Waals surface area (Å²) in [6.45, 7) is 9.03. The molecule has 0 saturated carbocycles. The van der Waals surface area contributed by atoms with Gasteiger partial charge in [0.05, 0.1) is 6.26 Å². The average Bonchev–Trinajstić information content (AvgIpc) is 2.86. The predicted octanol–water partition coefficient (Wildman–Crippen LogP) is 2.95. The van der Waals surface area contributed by atoms with Crippen LogP contribution in [0.5, 0.6) is 0 Å². The van der Waals surface area contributed by atoms with Gasteiger partial charge in [0.2, 0.25) is 10.0 Å². The number of sulfonamides is 1. The number of nitrogens with one attached hydrogen (secondary N) is 1. The first-order chi connectivity index (χ1) is 17.2. The van der Waals surface area contributed by atoms with Crippen molar-refractivity contribution in [1.82, 2.24) is 19.6 Å². The molecule has 2 aliphatic heterocycles. The highest BCUT2D eigenvalue weighted by Gasteiger charge is 2.30. The van der Waals surface area contributed by atoms with Crippen LogP contribution in [0.3, 0.4) is 0 Å². The van der Waals surface area contributed by atoms with E-state index in [-0.39, 0.29) is 0 Å². The molecule has 4 rings (SSSR count). The van der Waals surface area contributed by atoms with Crippen molar-refractivity contribution in [1.29, 1.82) is 0 Å². The maximum absolute atomic E-state index is 11.9. The summed E-state index contributed by atoms with van der Waals surface area (Å²) in [4.78, 5) is 16.6. The number of carbonyl (C=O) groups is 1. The summed E-state index contributed by atoms with van der Waals surface area (Å²) < 4.78 is 25.3. The lowest BCUT2D eigenvalue weighted by Gasteiger charge is -2.45. The Bertz CT molecular complexity index is 1200. The highest BCUT2D eigenvalue weighted by molar-refractivity contribution is 7.88. The van der Waals surface area contributed by atoms with Gasteiger partial charge in [-0.25, -0.2) is 13.9 Å². The number of rotatable bonds is 7. The van der Waals surface area contributed by atoms with E-state index in [1.807, 2.05) is 12.1 Å². The second-order valence-electron chi connectivity index (χ2n) is 9.96. The fourth-order valence-corrected chi connectivity index (χ4v) is 6.12. The lowest BCUT2D eigenvalue weighted by atomic mass is 9.94. The maximum Gasteiger partial charge on any atom is 0.274 e. The van der Waals surface area contributed by atoms with Gasteiger partial charge in [0.15, 0.2) is 0 Å². The molecule has 36 heavy (non-hydrogen) atoms. The minimum atomic E-state index is -3.17. The zero-order valence-electron chi connectivity index (χ0n) is 21.2. The Morgan fingerprint density at radius 1 is 1.03 bits per heavy atom. The van der Waals surface area contributed by atoms with Crippen LogP contribution in [0, 0.1) is 0 Å². The first kappa shape index (κ1) is 26.5. The Kier molecular flexibility index (Phi) is 8.27. The lowest BCUT2D eigenvalue weighted by molar-refractivity contribution is 0.0290. The largest absolute Gasteiger partial charge is 0.296 e. The van der Waals surface area contributed by atoms with Crippen LogP contribution in [0.25, 0.3) is 5.57 Å². The van der Waals surface area contributed by atoms with Crippen molar-refractivity contribution in [3.8, 4) is 0 Å². The molecule has 194 valence electrons. The van der Waals surface area contributed by atoms with Gasteiger partial charge in [-0.3, -0.25) is 19.8 Å². The molecule has 9 heteroatoms. The van der Waals surface area contributed by atoms with Crippen molar-refractivity contribution >= 4 is 21.5 Å². The number of piperazine rings is 1. The Balaban J connectivity index is 1.41. The first-order valence-electron chi connectivity index (χ1n) is 12.4. The Hall–Kier alpha value is -2.56. The summed E-state index contributed by atoms with van der Waals surface area (Å²) >= 11 is 0. The summed E-state index contributed by atoms with van der Waals surface area (Å²) in [5.74, 6) is -0.505.